The molecule has 5 nitrogen and oxygen atoms in total. The number of esters is 1. The van der Waals surface area contributed by atoms with Gasteiger partial charge in [-0.05, 0) is 31.6 Å². The molecule has 0 bridgehead atoms. The molecule has 0 saturated heterocycles. The average molecular weight is 296 g/mol. The molecule has 0 aromatic carbocycles. The molecule has 0 fully saturated rings. The van der Waals surface area contributed by atoms with Gasteiger partial charge in [-0.25, -0.2) is 14.8 Å². The number of hydrogen-bond donors (Lipinski definition) is 0. The largest absolute Gasteiger partial charge is 0.465 e. The summed E-state index contributed by atoms with van der Waals surface area (Å²) in [6, 6.07) is 3.32. The quantitative estimate of drug-likeness (QED) is 0.630. The van der Waals surface area contributed by atoms with Gasteiger partial charge in [0.2, 0.25) is 0 Å². The van der Waals surface area contributed by atoms with Gasteiger partial charge in [-0.3, -0.25) is 0 Å². The predicted molar refractivity (Wildman–Crippen MR) is 76.7 cm³/mol. The minimum Gasteiger partial charge on any atom is -0.465 e. The van der Waals surface area contributed by atoms with Crippen molar-refractivity contribution in [3.63, 3.8) is 0 Å². The van der Waals surface area contributed by atoms with E-state index in [4.69, 9.17) is 16.3 Å². The van der Waals surface area contributed by atoms with Crippen LogP contribution in [0.2, 0.25) is 5.15 Å². The molecular formula is C14H18ClN3O2. The Balaban J connectivity index is 2.08. The van der Waals surface area contributed by atoms with Crippen LogP contribution in [0, 0.1) is 0 Å². The van der Waals surface area contributed by atoms with Crippen LogP contribution >= 0.6 is 11.6 Å². The van der Waals surface area contributed by atoms with Crippen LogP contribution in [-0.4, -0.2) is 40.7 Å². The van der Waals surface area contributed by atoms with Crippen molar-refractivity contribution in [2.45, 2.75) is 26.4 Å². The van der Waals surface area contributed by atoms with Gasteiger partial charge in [0.25, 0.3) is 0 Å². The van der Waals surface area contributed by atoms with E-state index in [1.165, 1.54) is 0 Å². The van der Waals surface area contributed by atoms with E-state index >= 15 is 0 Å². The summed E-state index contributed by atoms with van der Waals surface area (Å²) >= 11 is 5.78. The topological polar surface area (TPSA) is 45.7 Å². The van der Waals surface area contributed by atoms with Gasteiger partial charge < -0.3 is 9.75 Å². The van der Waals surface area contributed by atoms with E-state index in [1.807, 2.05) is 36.1 Å². The van der Waals surface area contributed by atoms with Crippen LogP contribution in [0.15, 0.2) is 30.1 Å². The lowest BCUT2D eigenvalue weighted by Gasteiger charge is -2.31. The lowest BCUT2D eigenvalue weighted by Crippen LogP contribution is -2.42. The molecule has 108 valence electrons. The molecule has 1 aliphatic rings. The zero-order chi connectivity index (χ0) is 14.7. The van der Waals surface area contributed by atoms with Gasteiger partial charge in [-0.2, -0.15) is 0 Å². The molecule has 0 amide bonds. The average Bonchev–Trinajstić information content (AvgIpc) is 2.69. The highest BCUT2D eigenvalue weighted by Gasteiger charge is 2.33. The van der Waals surface area contributed by atoms with Crippen LogP contribution in [0.3, 0.4) is 0 Å². The fourth-order valence-electron chi connectivity index (χ4n) is 2.18. The third-order valence-electron chi connectivity index (χ3n) is 3.24. The van der Waals surface area contributed by atoms with Crippen LogP contribution in [0.25, 0.3) is 0 Å². The van der Waals surface area contributed by atoms with E-state index < -0.39 is 0 Å². The maximum absolute atomic E-state index is 11.9. The smallest absolute Gasteiger partial charge is 0.329 e. The summed E-state index contributed by atoms with van der Waals surface area (Å²) in [5.41, 5.74) is 2.04. The maximum atomic E-state index is 11.9. The first kappa shape index (κ1) is 14.8. The molecule has 0 radical (unpaired) electrons. The number of allylic oxidation sites excluding steroid dienone is 1. The third-order valence-corrected chi connectivity index (χ3v) is 3.46. The fraction of sp³-hybridized carbons (Fsp3) is 0.429. The highest BCUT2D eigenvalue weighted by atomic mass is 35.5. The molecule has 0 aliphatic carbocycles. The molecule has 1 aromatic heterocycles. The summed E-state index contributed by atoms with van der Waals surface area (Å²) < 4.78 is 5.08. The molecule has 0 spiro atoms. The summed E-state index contributed by atoms with van der Waals surface area (Å²) in [5.74, 6) is -0.230. The first-order valence-electron chi connectivity index (χ1n) is 6.48. The number of hydrazine groups is 1. The van der Waals surface area contributed by atoms with Crippen molar-refractivity contribution in [1.29, 1.82) is 0 Å². The number of ether oxygens (including phenoxy) is 1. The Morgan fingerprint density at radius 2 is 2.25 bits per heavy atom. The monoisotopic (exact) mass is 295 g/mol. The zero-order valence-electron chi connectivity index (χ0n) is 11.8. The minimum atomic E-state index is -0.366. The van der Waals surface area contributed by atoms with Crippen molar-refractivity contribution in [3.05, 3.63) is 40.8 Å². The molecule has 1 atom stereocenters. The first-order chi connectivity index (χ1) is 9.52. The van der Waals surface area contributed by atoms with Crippen molar-refractivity contribution < 1.29 is 9.53 Å². The van der Waals surface area contributed by atoms with Crippen LogP contribution in [0.1, 0.15) is 19.4 Å². The molecule has 2 rings (SSSR count). The van der Waals surface area contributed by atoms with Crippen LogP contribution < -0.4 is 0 Å². The number of hydrogen-bond acceptors (Lipinski definition) is 5. The number of nitrogens with zero attached hydrogens (tertiary/aromatic N) is 3. The second kappa shape index (κ2) is 6.24. The molecule has 0 saturated carbocycles. The fourth-order valence-corrected chi connectivity index (χ4v) is 2.29. The highest BCUT2D eigenvalue weighted by Crippen LogP contribution is 2.23. The normalized spacial score (nSPS) is 19.1. The number of rotatable bonds is 4. The summed E-state index contributed by atoms with van der Waals surface area (Å²) in [7, 11) is 1.87. The predicted octanol–water partition coefficient (Wildman–Crippen LogP) is 2.23. The van der Waals surface area contributed by atoms with E-state index in [0.717, 1.165) is 11.3 Å². The number of aromatic nitrogens is 1. The van der Waals surface area contributed by atoms with Gasteiger partial charge in [-0.15, -0.1) is 0 Å². The van der Waals surface area contributed by atoms with Gasteiger partial charge in [-0.1, -0.05) is 17.7 Å². The van der Waals surface area contributed by atoms with Crippen molar-refractivity contribution in [1.82, 2.24) is 15.0 Å². The van der Waals surface area contributed by atoms with Crippen molar-refractivity contribution >= 4 is 17.6 Å². The van der Waals surface area contributed by atoms with Gasteiger partial charge in [0.05, 0.1) is 13.2 Å². The third kappa shape index (κ3) is 3.11. The van der Waals surface area contributed by atoms with Crippen molar-refractivity contribution in [2.75, 3.05) is 13.7 Å². The van der Waals surface area contributed by atoms with E-state index in [9.17, 15) is 4.79 Å². The number of carbonyl (C=O) groups is 1. The molecule has 2 heterocycles. The lowest BCUT2D eigenvalue weighted by molar-refractivity contribution is -0.150. The number of halogens is 1. The molecule has 1 aliphatic heterocycles. The van der Waals surface area contributed by atoms with E-state index in [0.29, 0.717) is 18.3 Å². The van der Waals surface area contributed by atoms with Crippen molar-refractivity contribution in [3.8, 4) is 0 Å². The first-order valence-corrected chi connectivity index (χ1v) is 6.86. The van der Waals surface area contributed by atoms with E-state index in [1.54, 1.807) is 19.2 Å². The highest BCUT2D eigenvalue weighted by molar-refractivity contribution is 6.29. The maximum Gasteiger partial charge on any atom is 0.329 e. The summed E-state index contributed by atoms with van der Waals surface area (Å²) in [4.78, 5) is 15.9. The second-order valence-corrected chi connectivity index (χ2v) is 5.01. The molecule has 20 heavy (non-hydrogen) atoms. The van der Waals surface area contributed by atoms with Gasteiger partial charge in [0.15, 0.2) is 0 Å². The van der Waals surface area contributed by atoms with Crippen LogP contribution in [0.4, 0.5) is 0 Å². The van der Waals surface area contributed by atoms with Crippen LogP contribution in [-0.2, 0) is 16.1 Å². The van der Waals surface area contributed by atoms with Gasteiger partial charge in [0.1, 0.15) is 11.2 Å². The Morgan fingerprint density at radius 1 is 1.50 bits per heavy atom. The molecule has 1 unspecified atom stereocenters. The number of carbonyl (C=O) groups excluding carboxylic acids is 1. The molecule has 6 heteroatoms. The lowest BCUT2D eigenvalue weighted by atomic mass is 10.2. The number of pyridine rings is 1. The Kier molecular flexibility index (Phi) is 4.62. The Labute approximate surface area is 123 Å². The minimum absolute atomic E-state index is 0.230. The van der Waals surface area contributed by atoms with Gasteiger partial charge in [0, 0.05) is 18.9 Å². The Hall–Kier alpha value is -1.59. The van der Waals surface area contributed by atoms with Gasteiger partial charge >= 0.3 is 5.97 Å². The van der Waals surface area contributed by atoms with Crippen LogP contribution in [0.5, 0.6) is 0 Å². The standard InChI is InChI=1S/C14H18ClN3O2/c1-4-20-14(19)12-7-10(2)18(17(12)3)9-11-5-6-13(15)16-8-11/h5-8,12H,4,9H2,1-3H3. The summed E-state index contributed by atoms with van der Waals surface area (Å²) in [6.07, 6.45) is 3.64. The number of likely N-dealkylation sites (N-methyl/N-ethyl adjacent to an activating group) is 1. The SMILES string of the molecule is CCOC(=O)C1C=C(C)N(Cc2ccc(Cl)nc2)N1C. The second-order valence-electron chi connectivity index (χ2n) is 4.63. The molecule has 1 aromatic rings. The Bertz CT molecular complexity index is 516. The Morgan fingerprint density at radius 3 is 2.85 bits per heavy atom. The zero-order valence-corrected chi connectivity index (χ0v) is 12.6. The molecular weight excluding hydrogens is 278 g/mol. The summed E-state index contributed by atoms with van der Waals surface area (Å²) in [6.45, 7) is 4.80. The molecule has 0 N–H and O–H groups in total. The van der Waals surface area contributed by atoms with E-state index in [-0.39, 0.29) is 12.0 Å². The van der Waals surface area contributed by atoms with E-state index in [2.05, 4.69) is 4.98 Å². The van der Waals surface area contributed by atoms with Crippen molar-refractivity contribution in [2.24, 2.45) is 0 Å². The summed E-state index contributed by atoms with van der Waals surface area (Å²) in [5, 5.41) is 4.37.